The zero-order valence-electron chi connectivity index (χ0n) is 20.6. The Morgan fingerprint density at radius 2 is 1.55 bits per heavy atom. The summed E-state index contributed by atoms with van der Waals surface area (Å²) < 4.78 is 0. The third-order valence-corrected chi connectivity index (χ3v) is 6.69. The van der Waals surface area contributed by atoms with Gasteiger partial charge in [0.25, 0.3) is 5.91 Å². The molecule has 16 heteroatoms. The van der Waals surface area contributed by atoms with Gasteiger partial charge in [-0.1, -0.05) is 41.9 Å². The highest BCUT2D eigenvalue weighted by Gasteiger charge is 2.38. The van der Waals surface area contributed by atoms with Crippen molar-refractivity contribution in [1.82, 2.24) is 20.2 Å². The number of rotatable bonds is 8. The maximum absolute atomic E-state index is 13.7. The molecule has 0 atom stereocenters. The van der Waals surface area contributed by atoms with Crippen molar-refractivity contribution in [3.05, 3.63) is 46.7 Å². The first-order valence-corrected chi connectivity index (χ1v) is 12.0. The number of hydrazine groups is 2. The predicted octanol–water partition coefficient (Wildman–Crippen LogP) is -0.0141. The van der Waals surface area contributed by atoms with E-state index in [0.29, 0.717) is 10.0 Å². The number of primary amides is 2. The van der Waals surface area contributed by atoms with Gasteiger partial charge in [-0.15, -0.1) is 0 Å². The van der Waals surface area contributed by atoms with E-state index in [1.807, 2.05) is 30.3 Å². The molecule has 0 saturated carbocycles. The van der Waals surface area contributed by atoms with Crippen LogP contribution >= 0.6 is 11.6 Å². The Hall–Kier alpha value is -4.05. The number of urea groups is 2. The Bertz CT molecular complexity index is 1210. The second-order valence-electron chi connectivity index (χ2n) is 8.94. The highest BCUT2D eigenvalue weighted by molar-refractivity contribution is 6.32. The van der Waals surface area contributed by atoms with Crippen molar-refractivity contribution in [2.75, 3.05) is 29.7 Å². The van der Waals surface area contributed by atoms with E-state index in [4.69, 9.17) is 45.9 Å². The van der Waals surface area contributed by atoms with E-state index in [9.17, 15) is 14.4 Å². The Balaban J connectivity index is 2.01. The number of anilines is 2. The number of guanidine groups is 1. The molecule has 0 bridgehead atoms. The van der Waals surface area contributed by atoms with Gasteiger partial charge in [-0.3, -0.25) is 15.1 Å². The third kappa shape index (κ3) is 6.44. The smallest absolute Gasteiger partial charge is 0.335 e. The lowest BCUT2D eigenvalue weighted by Crippen LogP contribution is -2.52. The molecule has 5 amide bonds. The van der Waals surface area contributed by atoms with E-state index < -0.39 is 46.4 Å². The number of amides is 5. The molecule has 3 rings (SSSR count). The van der Waals surface area contributed by atoms with E-state index in [1.165, 1.54) is 0 Å². The molecule has 1 aromatic carbocycles. The number of nitrogens with two attached hydrogens (primary N) is 5. The number of benzene rings is 1. The standard InChI is InChI=1S/C22H31ClN12O3/c23-15-17(35(29)21(27)38)32-16(34(28)20(26)37)14(31-15)18(36)33(19(24)25)12-22(8-10-30-11-9-22)7-6-13-4-2-1-3-5-13/h1-5,30H,6-12,28-29H2,(H3,24,25)(H2,26,37)(H2,27,38). The first-order chi connectivity index (χ1) is 18.0. The number of aromatic nitrogens is 2. The van der Waals surface area contributed by atoms with Gasteiger partial charge in [0.05, 0.1) is 0 Å². The monoisotopic (exact) mass is 546 g/mol. The number of aryl methyl sites for hydroxylation is 1. The Morgan fingerprint density at radius 3 is 2.11 bits per heavy atom. The number of piperidine rings is 1. The van der Waals surface area contributed by atoms with Gasteiger partial charge in [0.2, 0.25) is 0 Å². The summed E-state index contributed by atoms with van der Waals surface area (Å²) in [5.74, 6) is 8.83. The molecule has 0 radical (unpaired) electrons. The molecular weight excluding hydrogens is 516 g/mol. The molecule has 204 valence electrons. The van der Waals surface area contributed by atoms with Gasteiger partial charge >= 0.3 is 12.1 Å². The summed E-state index contributed by atoms with van der Waals surface area (Å²) in [5, 5.41) is 11.7. The van der Waals surface area contributed by atoms with Crippen LogP contribution in [-0.4, -0.2) is 58.4 Å². The number of carbonyl (C=O) groups is 3. The largest absolute Gasteiger partial charge is 0.370 e. The topological polar surface area (TPSA) is 253 Å². The molecule has 1 saturated heterocycles. The number of nitrogens with one attached hydrogen (secondary N) is 2. The Kier molecular flexibility index (Phi) is 9.00. The van der Waals surface area contributed by atoms with Crippen LogP contribution in [0.2, 0.25) is 5.15 Å². The van der Waals surface area contributed by atoms with Gasteiger partial charge in [0.1, 0.15) is 0 Å². The molecule has 1 aliphatic heterocycles. The van der Waals surface area contributed by atoms with Crippen LogP contribution < -0.4 is 44.2 Å². The quantitative estimate of drug-likeness (QED) is 0.0770. The van der Waals surface area contributed by atoms with E-state index in [2.05, 4.69) is 15.3 Å². The molecule has 38 heavy (non-hydrogen) atoms. The maximum atomic E-state index is 13.7. The van der Waals surface area contributed by atoms with Gasteiger partial charge in [0.15, 0.2) is 28.4 Å². The van der Waals surface area contributed by atoms with Crippen LogP contribution in [0.5, 0.6) is 0 Å². The predicted molar refractivity (Wildman–Crippen MR) is 142 cm³/mol. The van der Waals surface area contributed by atoms with E-state index in [1.54, 1.807) is 0 Å². The lowest BCUT2D eigenvalue weighted by molar-refractivity contribution is 0.0723. The minimum atomic E-state index is -1.20. The van der Waals surface area contributed by atoms with Crippen LogP contribution in [0, 0.1) is 10.8 Å². The molecule has 1 fully saturated rings. The molecule has 1 aliphatic rings. The SMILES string of the molecule is N=C(N)N(CC1(CCc2ccccc2)CCNCC1)C(=O)c1nc(Cl)c(N(N)C(N)=O)nc1N(N)C(N)=O. The zero-order chi connectivity index (χ0) is 28.0. The summed E-state index contributed by atoms with van der Waals surface area (Å²) in [4.78, 5) is 46.1. The molecular formula is C22H31ClN12O3. The van der Waals surface area contributed by atoms with Crippen LogP contribution in [0.1, 0.15) is 35.3 Å². The van der Waals surface area contributed by atoms with Crippen LogP contribution in [0.3, 0.4) is 0 Å². The van der Waals surface area contributed by atoms with Crippen molar-refractivity contribution in [3.63, 3.8) is 0 Å². The molecule has 15 nitrogen and oxygen atoms in total. The van der Waals surface area contributed by atoms with Gasteiger partial charge in [0, 0.05) is 6.54 Å². The van der Waals surface area contributed by atoms with Crippen molar-refractivity contribution in [2.45, 2.75) is 25.7 Å². The second-order valence-corrected chi connectivity index (χ2v) is 9.30. The van der Waals surface area contributed by atoms with Crippen molar-refractivity contribution in [3.8, 4) is 0 Å². The van der Waals surface area contributed by atoms with Crippen molar-refractivity contribution in [2.24, 2.45) is 34.3 Å². The number of hydrogen-bond donors (Lipinski definition) is 7. The van der Waals surface area contributed by atoms with E-state index in [0.717, 1.165) is 49.2 Å². The second kappa shape index (κ2) is 12.0. The highest BCUT2D eigenvalue weighted by Crippen LogP contribution is 2.36. The van der Waals surface area contributed by atoms with Gasteiger partial charge in [-0.25, -0.2) is 41.3 Å². The van der Waals surface area contributed by atoms with Crippen LogP contribution in [0.15, 0.2) is 30.3 Å². The first-order valence-electron chi connectivity index (χ1n) is 11.6. The molecule has 1 aromatic heterocycles. The lowest BCUT2D eigenvalue weighted by atomic mass is 9.74. The third-order valence-electron chi connectivity index (χ3n) is 6.43. The van der Waals surface area contributed by atoms with E-state index in [-0.39, 0.29) is 12.0 Å². The fourth-order valence-electron chi connectivity index (χ4n) is 4.30. The minimum absolute atomic E-state index is 0.0849. The average Bonchev–Trinajstić information content (AvgIpc) is 2.90. The fraction of sp³-hybridized carbons (Fsp3) is 0.364. The average molecular weight is 547 g/mol. The zero-order valence-corrected chi connectivity index (χ0v) is 21.3. The van der Waals surface area contributed by atoms with Gasteiger partial charge < -0.3 is 22.5 Å². The minimum Gasteiger partial charge on any atom is -0.370 e. The Labute approximate surface area is 223 Å². The first kappa shape index (κ1) is 28.5. The van der Waals surface area contributed by atoms with Crippen LogP contribution in [0.4, 0.5) is 21.2 Å². The molecule has 12 N–H and O–H groups in total. The van der Waals surface area contributed by atoms with E-state index >= 15 is 0 Å². The maximum Gasteiger partial charge on any atom is 0.335 e. The molecule has 2 aromatic rings. The van der Waals surface area contributed by atoms with Gasteiger partial charge in [-0.2, -0.15) is 0 Å². The summed E-state index contributed by atoms with van der Waals surface area (Å²) in [6.45, 7) is 1.53. The van der Waals surface area contributed by atoms with Crippen LogP contribution in [-0.2, 0) is 6.42 Å². The van der Waals surface area contributed by atoms with Crippen LogP contribution in [0.25, 0.3) is 0 Å². The summed E-state index contributed by atoms with van der Waals surface area (Å²) in [7, 11) is 0. The molecule has 0 unspecified atom stereocenters. The summed E-state index contributed by atoms with van der Waals surface area (Å²) >= 11 is 6.15. The molecule has 2 heterocycles. The number of nitrogens with zero attached hydrogens (tertiary/aromatic N) is 5. The highest BCUT2D eigenvalue weighted by atomic mass is 35.5. The number of hydrogen-bond acceptors (Lipinski definition) is 9. The Morgan fingerprint density at radius 1 is 0.974 bits per heavy atom. The number of halogens is 1. The molecule has 0 aliphatic carbocycles. The molecule has 0 spiro atoms. The summed E-state index contributed by atoms with van der Waals surface area (Å²) in [6, 6.07) is 7.57. The van der Waals surface area contributed by atoms with Crippen molar-refractivity contribution < 1.29 is 14.4 Å². The lowest BCUT2D eigenvalue weighted by Gasteiger charge is -2.41. The number of carbonyl (C=O) groups excluding carboxylic acids is 3. The summed E-state index contributed by atoms with van der Waals surface area (Å²) in [5.41, 5.74) is 16.6. The van der Waals surface area contributed by atoms with Gasteiger partial charge in [-0.05, 0) is 49.8 Å². The van der Waals surface area contributed by atoms with Crippen molar-refractivity contribution >= 4 is 47.2 Å². The summed E-state index contributed by atoms with van der Waals surface area (Å²) in [6.07, 6.45) is 2.92. The van der Waals surface area contributed by atoms with Crippen molar-refractivity contribution in [1.29, 1.82) is 5.41 Å². The normalized spacial score (nSPS) is 14.4. The fourth-order valence-corrected chi connectivity index (χ4v) is 4.52.